The first-order valence-electron chi connectivity index (χ1n) is 9.27. The van der Waals surface area contributed by atoms with Gasteiger partial charge in [-0.15, -0.1) is 0 Å². The largest absolute Gasteiger partial charge is 0.385 e. The third-order valence-corrected chi connectivity index (χ3v) is 5.68. The lowest BCUT2D eigenvalue weighted by Crippen LogP contribution is -2.26. The number of fused-ring (bicyclic) bond motifs is 1. The van der Waals surface area contributed by atoms with E-state index in [1.165, 1.54) is 4.68 Å². The minimum atomic E-state index is -0.749. The van der Waals surface area contributed by atoms with E-state index in [2.05, 4.69) is 15.4 Å². The second-order valence-corrected chi connectivity index (χ2v) is 7.69. The van der Waals surface area contributed by atoms with Gasteiger partial charge in [-0.05, 0) is 36.5 Å². The van der Waals surface area contributed by atoms with Crippen LogP contribution in [0.4, 0.5) is 0 Å². The minimum absolute atomic E-state index is 0.235. The third-order valence-electron chi connectivity index (χ3n) is 5.40. The number of carbonyl (C=O) groups excluding carboxylic acids is 1. The highest BCUT2D eigenvalue weighted by molar-refractivity contribution is 6.33. The lowest BCUT2D eigenvalue weighted by molar-refractivity contribution is 0.0460. The fourth-order valence-corrected chi connectivity index (χ4v) is 4.34. The van der Waals surface area contributed by atoms with Crippen LogP contribution in [0.2, 0.25) is 5.02 Å². The monoisotopic (exact) mass is 386 g/mol. The molecule has 27 heavy (non-hydrogen) atoms. The number of aliphatic hydroxyl groups is 1. The van der Waals surface area contributed by atoms with Crippen molar-refractivity contribution in [3.63, 3.8) is 0 Å². The van der Waals surface area contributed by atoms with Gasteiger partial charge in [-0.25, -0.2) is 0 Å². The molecule has 4 rings (SSSR count). The highest BCUT2D eigenvalue weighted by Crippen LogP contribution is 2.42. The average molecular weight is 387 g/mol. The number of nitrogens with zero attached hydrogens (tertiary/aromatic N) is 2. The molecule has 2 aromatic heterocycles. The van der Waals surface area contributed by atoms with Gasteiger partial charge in [-0.1, -0.05) is 36.6 Å². The van der Waals surface area contributed by atoms with E-state index in [1.807, 2.05) is 24.4 Å². The zero-order valence-corrected chi connectivity index (χ0v) is 16.0. The third kappa shape index (κ3) is 3.35. The number of rotatable bonds is 5. The lowest BCUT2D eigenvalue weighted by atomic mass is 9.88. The molecule has 142 valence electrons. The van der Waals surface area contributed by atoms with Crippen molar-refractivity contribution < 1.29 is 9.90 Å². The van der Waals surface area contributed by atoms with Gasteiger partial charge in [0.05, 0.1) is 10.6 Å². The van der Waals surface area contributed by atoms with Crippen molar-refractivity contribution in [3.8, 4) is 0 Å². The van der Waals surface area contributed by atoms with E-state index in [0.717, 1.165) is 47.7 Å². The number of H-pyrrole nitrogens is 1. The summed E-state index contributed by atoms with van der Waals surface area (Å²) >= 11 is 6.03. The van der Waals surface area contributed by atoms with Gasteiger partial charge in [0.1, 0.15) is 0 Å². The number of aromatic amines is 1. The smallest absolute Gasteiger partial charge is 0.273 e. The molecule has 0 bridgehead atoms. The zero-order chi connectivity index (χ0) is 19.0. The van der Waals surface area contributed by atoms with Crippen LogP contribution < -0.4 is 5.32 Å². The Labute approximate surface area is 162 Å². The summed E-state index contributed by atoms with van der Waals surface area (Å²) in [6.07, 6.45) is 7.92. The molecular weight excluding hydrogens is 364 g/mol. The van der Waals surface area contributed by atoms with E-state index in [1.54, 1.807) is 13.2 Å². The molecule has 1 aliphatic carbocycles. The predicted octanol–water partition coefficient (Wildman–Crippen LogP) is 3.29. The van der Waals surface area contributed by atoms with E-state index >= 15 is 0 Å². The summed E-state index contributed by atoms with van der Waals surface area (Å²) in [6, 6.07) is 6.03. The van der Waals surface area contributed by atoms with E-state index in [-0.39, 0.29) is 11.6 Å². The minimum Gasteiger partial charge on any atom is -0.385 e. The molecule has 1 amide bonds. The van der Waals surface area contributed by atoms with Gasteiger partial charge in [0.25, 0.3) is 5.91 Å². The summed E-state index contributed by atoms with van der Waals surface area (Å²) in [5.74, 6) is -0.282. The zero-order valence-electron chi connectivity index (χ0n) is 15.3. The Morgan fingerprint density at radius 1 is 1.41 bits per heavy atom. The molecule has 0 aliphatic heterocycles. The molecular formula is C20H23ClN4O2. The van der Waals surface area contributed by atoms with Crippen molar-refractivity contribution in [2.75, 3.05) is 6.54 Å². The molecule has 6 nitrogen and oxygen atoms in total. The van der Waals surface area contributed by atoms with E-state index in [0.29, 0.717) is 18.0 Å². The second kappa shape index (κ2) is 7.02. The molecule has 0 atom stereocenters. The Hall–Kier alpha value is -2.31. The van der Waals surface area contributed by atoms with Crippen molar-refractivity contribution in [2.45, 2.75) is 37.7 Å². The van der Waals surface area contributed by atoms with Crippen molar-refractivity contribution >= 4 is 28.4 Å². The molecule has 0 saturated heterocycles. The summed E-state index contributed by atoms with van der Waals surface area (Å²) in [7, 11) is 1.73. The quantitative estimate of drug-likeness (QED) is 0.629. The molecule has 3 N–H and O–H groups in total. The summed E-state index contributed by atoms with van der Waals surface area (Å²) in [6.45, 7) is 0.464. The number of hydrogen-bond donors (Lipinski definition) is 3. The SMILES string of the molecule is Cn1cc(Cl)c(C(=O)NCCc2c[nH]c3cccc(C4(O)CCCC4)c23)n1. The Balaban J connectivity index is 1.53. The Kier molecular flexibility index (Phi) is 4.70. The van der Waals surface area contributed by atoms with Gasteiger partial charge in [0, 0.05) is 36.9 Å². The molecule has 2 heterocycles. The fraction of sp³-hybridized carbons (Fsp3) is 0.400. The Morgan fingerprint density at radius 3 is 2.89 bits per heavy atom. The molecule has 1 aliphatic rings. The number of halogens is 1. The second-order valence-electron chi connectivity index (χ2n) is 7.29. The molecule has 1 fully saturated rings. The Morgan fingerprint density at radius 2 is 2.19 bits per heavy atom. The molecule has 7 heteroatoms. The van der Waals surface area contributed by atoms with Crippen LogP contribution in [0.5, 0.6) is 0 Å². The molecule has 3 aromatic rings. The van der Waals surface area contributed by atoms with Crippen molar-refractivity contribution in [1.82, 2.24) is 20.1 Å². The lowest BCUT2D eigenvalue weighted by Gasteiger charge is -2.24. The maximum absolute atomic E-state index is 12.3. The first kappa shape index (κ1) is 18.1. The number of aryl methyl sites for hydroxylation is 1. The van der Waals surface area contributed by atoms with Crippen LogP contribution in [0.1, 0.15) is 47.3 Å². The summed E-state index contributed by atoms with van der Waals surface area (Å²) in [4.78, 5) is 15.6. The van der Waals surface area contributed by atoms with Crippen molar-refractivity contribution in [3.05, 3.63) is 52.4 Å². The van der Waals surface area contributed by atoms with Crippen LogP contribution in [0.15, 0.2) is 30.6 Å². The topological polar surface area (TPSA) is 82.9 Å². The number of aromatic nitrogens is 3. The first-order valence-corrected chi connectivity index (χ1v) is 9.65. The predicted molar refractivity (Wildman–Crippen MR) is 105 cm³/mol. The number of carbonyl (C=O) groups is 1. The summed E-state index contributed by atoms with van der Waals surface area (Å²) in [5, 5.41) is 19.5. The van der Waals surface area contributed by atoms with E-state index in [9.17, 15) is 9.90 Å². The van der Waals surface area contributed by atoms with Crippen molar-refractivity contribution in [2.24, 2.45) is 7.05 Å². The highest BCUT2D eigenvalue weighted by Gasteiger charge is 2.35. The van der Waals surface area contributed by atoms with Crippen LogP contribution in [0.3, 0.4) is 0 Å². The Bertz CT molecular complexity index is 985. The van der Waals surface area contributed by atoms with Gasteiger partial charge >= 0.3 is 0 Å². The molecule has 1 saturated carbocycles. The van der Waals surface area contributed by atoms with Crippen molar-refractivity contribution in [1.29, 1.82) is 0 Å². The molecule has 0 radical (unpaired) electrons. The van der Waals surface area contributed by atoms with Gasteiger partial charge in [0.2, 0.25) is 0 Å². The van der Waals surface area contributed by atoms with Gasteiger partial charge in [0.15, 0.2) is 5.69 Å². The van der Waals surface area contributed by atoms with Crippen LogP contribution in [0, 0.1) is 0 Å². The number of benzene rings is 1. The standard InChI is InChI=1S/C20H23ClN4O2/c1-25-12-15(21)18(24-25)19(26)22-10-7-13-11-23-16-6-4-5-14(17(13)16)20(27)8-2-3-9-20/h4-6,11-12,23,27H,2-3,7-10H2,1H3,(H,22,26). The van der Waals surface area contributed by atoms with Gasteiger partial charge in [-0.2, -0.15) is 5.10 Å². The summed E-state index contributed by atoms with van der Waals surface area (Å²) in [5.41, 5.74) is 2.59. The van der Waals surface area contributed by atoms with E-state index < -0.39 is 5.60 Å². The van der Waals surface area contributed by atoms with Crippen LogP contribution in [0.25, 0.3) is 10.9 Å². The average Bonchev–Trinajstić information content (AvgIpc) is 3.34. The van der Waals surface area contributed by atoms with E-state index in [4.69, 9.17) is 11.6 Å². The normalized spacial score (nSPS) is 16.1. The maximum Gasteiger partial charge on any atom is 0.273 e. The van der Waals surface area contributed by atoms with Gasteiger partial charge < -0.3 is 15.4 Å². The molecule has 1 aromatic carbocycles. The molecule has 0 unspecified atom stereocenters. The number of amides is 1. The summed E-state index contributed by atoms with van der Waals surface area (Å²) < 4.78 is 1.52. The number of nitrogens with one attached hydrogen (secondary N) is 2. The first-order chi connectivity index (χ1) is 13.0. The van der Waals surface area contributed by atoms with Crippen LogP contribution >= 0.6 is 11.6 Å². The highest BCUT2D eigenvalue weighted by atomic mass is 35.5. The maximum atomic E-state index is 12.3. The van der Waals surface area contributed by atoms with Crippen LogP contribution in [-0.4, -0.2) is 32.3 Å². The van der Waals surface area contributed by atoms with Gasteiger partial charge in [-0.3, -0.25) is 9.48 Å². The fourth-order valence-electron chi connectivity index (χ4n) is 4.08. The number of hydrogen-bond acceptors (Lipinski definition) is 3. The molecule has 0 spiro atoms. The van der Waals surface area contributed by atoms with Crippen LogP contribution in [-0.2, 0) is 19.1 Å².